The standard InChI is InChI=1S/C8H9ClN2O/c1-5(12)8(10)6-2-3-11-4-7(6)9/h2-4,8H,10H2,1H3. The number of hydrogen-bond acceptors (Lipinski definition) is 3. The molecule has 0 radical (unpaired) electrons. The summed E-state index contributed by atoms with van der Waals surface area (Å²) in [4.78, 5) is 14.7. The molecule has 0 aliphatic rings. The topological polar surface area (TPSA) is 56.0 Å². The maximum atomic E-state index is 10.9. The van der Waals surface area contributed by atoms with Crippen LogP contribution < -0.4 is 5.73 Å². The van der Waals surface area contributed by atoms with E-state index in [1.54, 1.807) is 12.3 Å². The highest BCUT2D eigenvalue weighted by atomic mass is 35.5. The summed E-state index contributed by atoms with van der Waals surface area (Å²) in [6.45, 7) is 1.43. The van der Waals surface area contributed by atoms with Crippen molar-refractivity contribution in [2.24, 2.45) is 5.73 Å². The van der Waals surface area contributed by atoms with Crippen LogP contribution in [-0.4, -0.2) is 10.8 Å². The van der Waals surface area contributed by atoms with E-state index in [1.807, 2.05) is 0 Å². The molecule has 4 heteroatoms. The van der Waals surface area contributed by atoms with Crippen LogP contribution in [0.15, 0.2) is 18.5 Å². The van der Waals surface area contributed by atoms with Crippen LogP contribution in [0.5, 0.6) is 0 Å². The zero-order valence-corrected chi connectivity index (χ0v) is 7.38. The van der Waals surface area contributed by atoms with Crippen LogP contribution in [0, 0.1) is 0 Å². The third-order valence-corrected chi connectivity index (χ3v) is 1.89. The number of Topliss-reactive ketones (excluding diaryl/α,β-unsaturated/α-hetero) is 1. The molecule has 0 saturated heterocycles. The Balaban J connectivity index is 3.02. The van der Waals surface area contributed by atoms with Gasteiger partial charge in [0.05, 0.1) is 11.1 Å². The number of aromatic nitrogens is 1. The molecule has 1 unspecified atom stereocenters. The molecule has 1 atom stereocenters. The van der Waals surface area contributed by atoms with E-state index in [9.17, 15) is 4.79 Å². The average molecular weight is 185 g/mol. The molecule has 3 nitrogen and oxygen atoms in total. The first-order valence-electron chi connectivity index (χ1n) is 3.48. The Morgan fingerprint density at radius 2 is 2.42 bits per heavy atom. The molecule has 0 saturated carbocycles. The molecule has 0 aliphatic heterocycles. The van der Waals surface area contributed by atoms with Crippen molar-refractivity contribution in [2.75, 3.05) is 0 Å². The molecule has 1 heterocycles. The third-order valence-electron chi connectivity index (χ3n) is 1.58. The molecule has 0 fully saturated rings. The van der Waals surface area contributed by atoms with Crippen molar-refractivity contribution in [3.05, 3.63) is 29.0 Å². The predicted molar refractivity (Wildman–Crippen MR) is 46.9 cm³/mol. The van der Waals surface area contributed by atoms with E-state index in [4.69, 9.17) is 17.3 Å². The third kappa shape index (κ3) is 1.81. The molecule has 64 valence electrons. The lowest BCUT2D eigenvalue weighted by molar-refractivity contribution is -0.118. The van der Waals surface area contributed by atoms with E-state index >= 15 is 0 Å². The van der Waals surface area contributed by atoms with Crippen LogP contribution in [0.2, 0.25) is 5.02 Å². The highest BCUT2D eigenvalue weighted by Crippen LogP contribution is 2.19. The van der Waals surface area contributed by atoms with Crippen LogP contribution in [0.25, 0.3) is 0 Å². The summed E-state index contributed by atoms with van der Waals surface area (Å²) in [6.07, 6.45) is 3.03. The van der Waals surface area contributed by atoms with Crippen molar-refractivity contribution in [3.63, 3.8) is 0 Å². The van der Waals surface area contributed by atoms with E-state index in [-0.39, 0.29) is 5.78 Å². The number of carbonyl (C=O) groups is 1. The number of nitrogens with two attached hydrogens (primary N) is 1. The second kappa shape index (κ2) is 3.65. The van der Waals surface area contributed by atoms with Crippen molar-refractivity contribution in [1.82, 2.24) is 4.98 Å². The lowest BCUT2D eigenvalue weighted by Gasteiger charge is -2.08. The Kier molecular flexibility index (Phi) is 2.78. The van der Waals surface area contributed by atoms with Gasteiger partial charge in [-0.2, -0.15) is 0 Å². The fraction of sp³-hybridized carbons (Fsp3) is 0.250. The predicted octanol–water partition coefficient (Wildman–Crippen LogP) is 1.32. The van der Waals surface area contributed by atoms with Crippen LogP contribution in [0.4, 0.5) is 0 Å². The Morgan fingerprint density at radius 3 is 2.92 bits per heavy atom. The lowest BCUT2D eigenvalue weighted by atomic mass is 10.1. The largest absolute Gasteiger partial charge is 0.318 e. The van der Waals surface area contributed by atoms with E-state index in [0.717, 1.165) is 0 Å². The minimum atomic E-state index is -0.638. The Labute approximate surface area is 75.6 Å². The monoisotopic (exact) mass is 184 g/mol. The van der Waals surface area contributed by atoms with Gasteiger partial charge < -0.3 is 5.73 Å². The summed E-state index contributed by atoms with van der Waals surface area (Å²) < 4.78 is 0. The van der Waals surface area contributed by atoms with Gasteiger partial charge in [0, 0.05) is 12.4 Å². The highest BCUT2D eigenvalue weighted by molar-refractivity contribution is 6.31. The van der Waals surface area contributed by atoms with E-state index in [0.29, 0.717) is 10.6 Å². The molecule has 1 aromatic heterocycles. The number of pyridine rings is 1. The normalized spacial score (nSPS) is 12.6. The maximum absolute atomic E-state index is 10.9. The molecule has 0 aromatic carbocycles. The molecule has 12 heavy (non-hydrogen) atoms. The lowest BCUT2D eigenvalue weighted by Crippen LogP contribution is -2.18. The second-order valence-electron chi connectivity index (χ2n) is 2.49. The maximum Gasteiger partial charge on any atom is 0.151 e. The van der Waals surface area contributed by atoms with Crippen LogP contribution in [-0.2, 0) is 4.79 Å². The van der Waals surface area contributed by atoms with Crippen molar-refractivity contribution < 1.29 is 4.79 Å². The summed E-state index contributed by atoms with van der Waals surface area (Å²) in [5.74, 6) is -0.108. The first kappa shape index (κ1) is 9.16. The van der Waals surface area contributed by atoms with Gasteiger partial charge in [-0.3, -0.25) is 9.78 Å². The van der Waals surface area contributed by atoms with Gasteiger partial charge in [0.2, 0.25) is 0 Å². The van der Waals surface area contributed by atoms with Crippen LogP contribution >= 0.6 is 11.6 Å². The number of rotatable bonds is 2. The number of halogens is 1. The minimum Gasteiger partial charge on any atom is -0.318 e. The van der Waals surface area contributed by atoms with Crippen LogP contribution in [0.1, 0.15) is 18.5 Å². The van der Waals surface area contributed by atoms with E-state index < -0.39 is 6.04 Å². The first-order chi connectivity index (χ1) is 5.63. The molecule has 0 bridgehead atoms. The van der Waals surface area contributed by atoms with Gasteiger partial charge in [-0.1, -0.05) is 11.6 Å². The van der Waals surface area contributed by atoms with E-state index in [1.165, 1.54) is 13.1 Å². The average Bonchev–Trinajstić information content (AvgIpc) is 2.04. The molecule has 0 spiro atoms. The smallest absolute Gasteiger partial charge is 0.151 e. The zero-order valence-electron chi connectivity index (χ0n) is 6.62. The molecule has 1 aromatic rings. The van der Waals surface area contributed by atoms with Crippen molar-refractivity contribution in [1.29, 1.82) is 0 Å². The zero-order chi connectivity index (χ0) is 9.14. The molecule has 0 amide bonds. The molecular formula is C8H9ClN2O. The summed E-state index contributed by atoms with van der Waals surface area (Å²) in [5.41, 5.74) is 6.20. The van der Waals surface area contributed by atoms with Crippen molar-refractivity contribution in [2.45, 2.75) is 13.0 Å². The first-order valence-corrected chi connectivity index (χ1v) is 3.86. The Bertz CT molecular complexity index is 301. The number of ketones is 1. The van der Waals surface area contributed by atoms with Crippen molar-refractivity contribution >= 4 is 17.4 Å². The van der Waals surface area contributed by atoms with Gasteiger partial charge in [-0.25, -0.2) is 0 Å². The highest BCUT2D eigenvalue weighted by Gasteiger charge is 2.13. The fourth-order valence-corrected chi connectivity index (χ4v) is 1.09. The number of hydrogen-bond donors (Lipinski definition) is 1. The van der Waals surface area contributed by atoms with Gasteiger partial charge in [0.1, 0.15) is 0 Å². The summed E-state index contributed by atoms with van der Waals surface area (Å²) in [7, 11) is 0. The Morgan fingerprint density at radius 1 is 1.75 bits per heavy atom. The second-order valence-corrected chi connectivity index (χ2v) is 2.89. The van der Waals surface area contributed by atoms with Gasteiger partial charge in [0.25, 0.3) is 0 Å². The fourth-order valence-electron chi connectivity index (χ4n) is 0.857. The van der Waals surface area contributed by atoms with Gasteiger partial charge in [-0.05, 0) is 18.6 Å². The summed E-state index contributed by atoms with van der Waals surface area (Å²) in [6, 6.07) is 1.01. The quantitative estimate of drug-likeness (QED) is 0.755. The molecule has 0 aliphatic carbocycles. The van der Waals surface area contributed by atoms with Crippen LogP contribution in [0.3, 0.4) is 0 Å². The van der Waals surface area contributed by atoms with Gasteiger partial charge in [0.15, 0.2) is 5.78 Å². The number of carbonyl (C=O) groups excluding carboxylic acids is 1. The summed E-state index contributed by atoms with van der Waals surface area (Å²) in [5, 5.41) is 0.431. The van der Waals surface area contributed by atoms with E-state index in [2.05, 4.69) is 4.98 Å². The number of nitrogens with zero attached hydrogens (tertiary/aromatic N) is 1. The van der Waals surface area contributed by atoms with Crippen molar-refractivity contribution in [3.8, 4) is 0 Å². The van der Waals surface area contributed by atoms with Gasteiger partial charge in [-0.15, -0.1) is 0 Å². The summed E-state index contributed by atoms with van der Waals surface area (Å²) >= 11 is 5.77. The minimum absolute atomic E-state index is 0.108. The molecule has 1 rings (SSSR count). The van der Waals surface area contributed by atoms with Gasteiger partial charge >= 0.3 is 0 Å². The molecule has 2 N–H and O–H groups in total. The SMILES string of the molecule is CC(=O)C(N)c1ccncc1Cl. The Hall–Kier alpha value is -0.930. The molecular weight excluding hydrogens is 176 g/mol.